The molecule has 2 fully saturated rings. The lowest BCUT2D eigenvalue weighted by Crippen LogP contribution is -2.28. The third-order valence-electron chi connectivity index (χ3n) is 4.75. The molecule has 0 radical (unpaired) electrons. The summed E-state index contributed by atoms with van der Waals surface area (Å²) in [6, 6.07) is 4.18. The number of halogens is 2. The summed E-state index contributed by atoms with van der Waals surface area (Å²) >= 11 is 0. The predicted molar refractivity (Wildman–Crippen MR) is 65.0 cm³/mol. The van der Waals surface area contributed by atoms with Crippen molar-refractivity contribution in [1.82, 2.24) is 0 Å². The van der Waals surface area contributed by atoms with Gasteiger partial charge in [-0.1, -0.05) is 18.6 Å². The number of hydrogen-bond acceptors (Lipinski definition) is 1. The summed E-state index contributed by atoms with van der Waals surface area (Å²) in [5.74, 6) is 0.00685. The third-order valence-corrected chi connectivity index (χ3v) is 4.75. The van der Waals surface area contributed by atoms with E-state index in [4.69, 9.17) is 0 Å². The summed E-state index contributed by atoms with van der Waals surface area (Å²) < 4.78 is 26.7. The maximum atomic E-state index is 13.6. The van der Waals surface area contributed by atoms with E-state index in [0.717, 1.165) is 18.4 Å². The Balaban J connectivity index is 1.71. The fourth-order valence-electron chi connectivity index (χ4n) is 3.85. The summed E-state index contributed by atoms with van der Waals surface area (Å²) in [5, 5.41) is 10.3. The fraction of sp³-hybridized carbons (Fsp3) is 0.600. The molecule has 0 aromatic heterocycles. The van der Waals surface area contributed by atoms with E-state index in [9.17, 15) is 13.9 Å². The molecule has 1 aromatic rings. The van der Waals surface area contributed by atoms with Crippen LogP contribution in [-0.2, 0) is 6.42 Å². The summed E-state index contributed by atoms with van der Waals surface area (Å²) in [4.78, 5) is 0. The molecule has 2 bridgehead atoms. The van der Waals surface area contributed by atoms with Crippen molar-refractivity contribution in [2.24, 2.45) is 17.8 Å². The van der Waals surface area contributed by atoms with Crippen LogP contribution in [0.15, 0.2) is 18.2 Å². The second kappa shape index (κ2) is 4.61. The second-order valence-electron chi connectivity index (χ2n) is 5.82. The van der Waals surface area contributed by atoms with Crippen molar-refractivity contribution in [2.75, 3.05) is 0 Å². The Morgan fingerprint density at radius 2 is 2.06 bits per heavy atom. The van der Waals surface area contributed by atoms with E-state index in [-0.39, 0.29) is 12.3 Å². The largest absolute Gasteiger partial charge is 0.392 e. The lowest BCUT2D eigenvalue weighted by atomic mass is 9.82. The molecule has 3 rings (SSSR count). The summed E-state index contributed by atoms with van der Waals surface area (Å²) in [7, 11) is 0. The van der Waals surface area contributed by atoms with Gasteiger partial charge in [0, 0.05) is 6.42 Å². The van der Waals surface area contributed by atoms with Crippen LogP contribution in [0.1, 0.15) is 31.2 Å². The highest BCUT2D eigenvalue weighted by atomic mass is 19.2. The van der Waals surface area contributed by atoms with Gasteiger partial charge in [-0.05, 0) is 48.6 Å². The molecule has 0 spiro atoms. The van der Waals surface area contributed by atoms with Crippen molar-refractivity contribution in [1.29, 1.82) is 0 Å². The number of benzene rings is 1. The van der Waals surface area contributed by atoms with Crippen molar-refractivity contribution < 1.29 is 13.9 Å². The number of aliphatic hydroxyl groups excluding tert-OH is 1. The summed E-state index contributed by atoms with van der Waals surface area (Å²) in [6.07, 6.45) is 4.45. The van der Waals surface area contributed by atoms with Crippen LogP contribution < -0.4 is 0 Å². The van der Waals surface area contributed by atoms with Crippen LogP contribution in [0, 0.1) is 29.4 Å². The van der Waals surface area contributed by atoms with Crippen LogP contribution in [0.3, 0.4) is 0 Å². The van der Waals surface area contributed by atoms with E-state index >= 15 is 0 Å². The minimum Gasteiger partial charge on any atom is -0.392 e. The molecule has 0 aliphatic heterocycles. The van der Waals surface area contributed by atoms with Gasteiger partial charge in [0.1, 0.15) is 0 Å². The Kier molecular flexibility index (Phi) is 3.10. The normalized spacial score (nSPS) is 31.8. The molecule has 0 saturated heterocycles. The zero-order valence-corrected chi connectivity index (χ0v) is 10.3. The average Bonchev–Trinajstić information content (AvgIpc) is 2.97. The van der Waals surface area contributed by atoms with E-state index in [2.05, 4.69) is 0 Å². The van der Waals surface area contributed by atoms with Crippen molar-refractivity contribution in [3.8, 4) is 0 Å². The lowest BCUT2D eigenvalue weighted by Gasteiger charge is -2.26. The molecule has 98 valence electrons. The molecule has 0 heterocycles. The predicted octanol–water partition coefficient (Wildman–Crippen LogP) is 3.30. The Bertz CT molecular complexity index is 446. The monoisotopic (exact) mass is 252 g/mol. The van der Waals surface area contributed by atoms with Gasteiger partial charge in [0.25, 0.3) is 0 Å². The Morgan fingerprint density at radius 1 is 1.22 bits per heavy atom. The van der Waals surface area contributed by atoms with Crippen molar-refractivity contribution >= 4 is 0 Å². The summed E-state index contributed by atoms with van der Waals surface area (Å²) in [6.45, 7) is 0. The van der Waals surface area contributed by atoms with Gasteiger partial charge in [-0.3, -0.25) is 0 Å². The van der Waals surface area contributed by atoms with E-state index in [1.165, 1.54) is 25.3 Å². The van der Waals surface area contributed by atoms with Crippen LogP contribution in [0.4, 0.5) is 8.78 Å². The van der Waals surface area contributed by atoms with Gasteiger partial charge in [-0.2, -0.15) is 0 Å². The molecule has 0 amide bonds. The molecule has 2 aliphatic rings. The molecule has 4 atom stereocenters. The van der Waals surface area contributed by atoms with Crippen LogP contribution in [0.25, 0.3) is 0 Å². The minimum atomic E-state index is -0.826. The van der Waals surface area contributed by atoms with Crippen molar-refractivity contribution in [2.45, 2.75) is 38.2 Å². The van der Waals surface area contributed by atoms with E-state index in [1.54, 1.807) is 6.07 Å². The average molecular weight is 252 g/mol. The van der Waals surface area contributed by atoms with Gasteiger partial charge in [-0.15, -0.1) is 0 Å². The maximum Gasteiger partial charge on any atom is 0.162 e. The first kappa shape index (κ1) is 12.1. The molecule has 2 saturated carbocycles. The van der Waals surface area contributed by atoms with E-state index < -0.39 is 17.7 Å². The first-order valence-corrected chi connectivity index (χ1v) is 6.76. The van der Waals surface area contributed by atoms with Gasteiger partial charge in [0.2, 0.25) is 0 Å². The van der Waals surface area contributed by atoms with Gasteiger partial charge in [-0.25, -0.2) is 8.78 Å². The molecule has 3 heteroatoms. The van der Waals surface area contributed by atoms with Crippen LogP contribution in [0.2, 0.25) is 0 Å². The molecular formula is C15H18F2O. The molecule has 4 unspecified atom stereocenters. The fourth-order valence-corrected chi connectivity index (χ4v) is 3.85. The van der Waals surface area contributed by atoms with Crippen molar-refractivity contribution in [3.05, 3.63) is 35.4 Å². The minimum absolute atomic E-state index is 0.234. The summed E-state index contributed by atoms with van der Waals surface area (Å²) in [5.41, 5.74) is 0.297. The van der Waals surface area contributed by atoms with Crippen molar-refractivity contribution in [3.63, 3.8) is 0 Å². The van der Waals surface area contributed by atoms with Crippen LogP contribution in [-0.4, -0.2) is 11.2 Å². The van der Waals surface area contributed by atoms with Gasteiger partial charge in [0.15, 0.2) is 11.6 Å². The molecule has 1 nitrogen and oxygen atoms in total. The van der Waals surface area contributed by atoms with Gasteiger partial charge in [0.05, 0.1) is 6.10 Å². The lowest BCUT2D eigenvalue weighted by molar-refractivity contribution is 0.0742. The standard InChI is InChI=1S/C15H18F2O/c16-13-3-1-2-11(15(13)17)8-14(18)12-7-9-4-5-10(12)6-9/h1-3,9-10,12,14,18H,4-8H2. The first-order valence-electron chi connectivity index (χ1n) is 6.76. The Labute approximate surface area is 106 Å². The SMILES string of the molecule is OC(Cc1cccc(F)c1F)C1CC2CCC1C2. The van der Waals surface area contributed by atoms with E-state index in [1.807, 2.05) is 0 Å². The topological polar surface area (TPSA) is 20.2 Å². The Morgan fingerprint density at radius 3 is 2.72 bits per heavy atom. The number of aliphatic hydroxyl groups is 1. The quantitative estimate of drug-likeness (QED) is 0.875. The molecule has 1 aromatic carbocycles. The molecule has 18 heavy (non-hydrogen) atoms. The number of hydrogen-bond donors (Lipinski definition) is 1. The smallest absolute Gasteiger partial charge is 0.162 e. The number of fused-ring (bicyclic) bond motifs is 2. The highest BCUT2D eigenvalue weighted by Gasteiger charge is 2.42. The first-order chi connectivity index (χ1) is 8.65. The highest BCUT2D eigenvalue weighted by molar-refractivity contribution is 5.20. The molecule has 1 N–H and O–H groups in total. The molecule has 2 aliphatic carbocycles. The third kappa shape index (κ3) is 2.05. The second-order valence-corrected chi connectivity index (χ2v) is 5.82. The van der Waals surface area contributed by atoms with Crippen LogP contribution in [0.5, 0.6) is 0 Å². The molecular weight excluding hydrogens is 234 g/mol. The van der Waals surface area contributed by atoms with Crippen LogP contribution >= 0.6 is 0 Å². The maximum absolute atomic E-state index is 13.6. The van der Waals surface area contributed by atoms with Gasteiger partial charge >= 0.3 is 0 Å². The zero-order valence-electron chi connectivity index (χ0n) is 10.3. The zero-order chi connectivity index (χ0) is 12.7. The Hall–Kier alpha value is -0.960. The highest BCUT2D eigenvalue weighted by Crippen LogP contribution is 2.49. The van der Waals surface area contributed by atoms with Gasteiger partial charge < -0.3 is 5.11 Å². The number of rotatable bonds is 3. The van der Waals surface area contributed by atoms with E-state index in [0.29, 0.717) is 11.5 Å².